The van der Waals surface area contributed by atoms with Crippen LogP contribution in [0.3, 0.4) is 0 Å². The lowest BCUT2D eigenvalue weighted by molar-refractivity contribution is -0.143. The summed E-state index contributed by atoms with van der Waals surface area (Å²) in [5.41, 5.74) is 5.94. The molecule has 1 aliphatic rings. The molecule has 1 heterocycles. The summed E-state index contributed by atoms with van der Waals surface area (Å²) in [6.45, 7) is 7.19. The smallest absolute Gasteiger partial charge is 0.326 e. The summed E-state index contributed by atoms with van der Waals surface area (Å²) in [6.07, 6.45) is 0.493. The Balaban J connectivity index is 2.74. The van der Waals surface area contributed by atoms with Crippen LogP contribution in [-0.2, 0) is 28.8 Å². The second-order valence-corrected chi connectivity index (χ2v) is 9.76. The molecule has 1 aliphatic heterocycles. The molecule has 4 atom stereocenters. The van der Waals surface area contributed by atoms with Gasteiger partial charge in [0.1, 0.15) is 18.1 Å². The largest absolute Gasteiger partial charge is 0.481 e. The lowest BCUT2D eigenvalue weighted by atomic mass is 10.0. The number of carbonyl (C=O) groups is 6. The van der Waals surface area contributed by atoms with Crippen molar-refractivity contribution in [3.8, 4) is 0 Å². The second-order valence-electron chi connectivity index (χ2n) is 9.76. The number of hydrogen-bond acceptors (Lipinski definition) is 7. The molecule has 0 spiro atoms. The summed E-state index contributed by atoms with van der Waals surface area (Å²) in [6, 6.07) is -3.99. The highest BCUT2D eigenvalue weighted by Gasteiger charge is 2.37. The number of carbonyl (C=O) groups excluding carboxylic acids is 4. The van der Waals surface area contributed by atoms with Crippen LogP contribution in [0.5, 0.6) is 0 Å². The van der Waals surface area contributed by atoms with Crippen molar-refractivity contribution in [3.05, 3.63) is 0 Å². The fraction of sp³-hybridized carbons (Fsp3) is 0.739. The minimum atomic E-state index is -1.43. The topological polar surface area (TPSA) is 208 Å². The van der Waals surface area contributed by atoms with Gasteiger partial charge in [0.05, 0.1) is 12.6 Å². The maximum atomic E-state index is 12.7. The molecule has 0 aromatic carbocycles. The van der Waals surface area contributed by atoms with Gasteiger partial charge in [0, 0.05) is 13.0 Å². The molecule has 0 bridgehead atoms. The van der Waals surface area contributed by atoms with Gasteiger partial charge < -0.3 is 36.8 Å². The summed E-state index contributed by atoms with van der Waals surface area (Å²) in [5, 5.41) is 25.3. The number of nitrogens with two attached hydrogens (primary N) is 1. The average Bonchev–Trinajstić information content (AvgIpc) is 3.27. The molecule has 0 radical (unpaired) electrons. The molecule has 0 aromatic heterocycles. The van der Waals surface area contributed by atoms with E-state index in [1.807, 2.05) is 13.8 Å². The van der Waals surface area contributed by atoms with Gasteiger partial charge in [-0.05, 0) is 37.5 Å². The third-order valence-corrected chi connectivity index (χ3v) is 5.89. The molecule has 4 amide bonds. The van der Waals surface area contributed by atoms with E-state index in [1.54, 1.807) is 13.8 Å². The van der Waals surface area contributed by atoms with Crippen LogP contribution in [0.2, 0.25) is 0 Å². The molecule has 0 aliphatic carbocycles. The number of carboxylic acids is 2. The van der Waals surface area contributed by atoms with Gasteiger partial charge in [-0.15, -0.1) is 0 Å². The van der Waals surface area contributed by atoms with Gasteiger partial charge in [-0.25, -0.2) is 4.79 Å². The SMILES string of the molecule is CC(C)C[C@H](NC(=O)CNC(=O)[C@@H]1CCCN1C(=O)[C@@H](N)C(C)C)C(=O)N[C@@H](CCC(=O)O)C(=O)O. The van der Waals surface area contributed by atoms with Crippen molar-refractivity contribution in [2.45, 2.75) is 84.0 Å². The number of hydrogen-bond donors (Lipinski definition) is 6. The lowest BCUT2D eigenvalue weighted by Gasteiger charge is -2.28. The summed E-state index contributed by atoms with van der Waals surface area (Å²) >= 11 is 0. The van der Waals surface area contributed by atoms with Crippen LogP contribution in [-0.4, -0.2) is 87.9 Å². The van der Waals surface area contributed by atoms with Crippen molar-refractivity contribution in [1.82, 2.24) is 20.9 Å². The van der Waals surface area contributed by atoms with E-state index in [4.69, 9.17) is 10.8 Å². The van der Waals surface area contributed by atoms with Crippen molar-refractivity contribution < 1.29 is 39.0 Å². The first-order valence-electron chi connectivity index (χ1n) is 12.1. The molecule has 13 heteroatoms. The monoisotopic (exact) mass is 513 g/mol. The van der Waals surface area contributed by atoms with Crippen LogP contribution < -0.4 is 21.7 Å². The number of nitrogens with one attached hydrogen (secondary N) is 3. The van der Waals surface area contributed by atoms with Crippen LogP contribution in [0.25, 0.3) is 0 Å². The lowest BCUT2D eigenvalue weighted by Crippen LogP contribution is -2.55. The van der Waals surface area contributed by atoms with Crippen molar-refractivity contribution in [2.75, 3.05) is 13.1 Å². The summed E-state index contributed by atoms with van der Waals surface area (Å²) in [4.78, 5) is 74.0. The van der Waals surface area contributed by atoms with Crippen LogP contribution in [0, 0.1) is 11.8 Å². The molecule has 0 unspecified atom stereocenters. The fourth-order valence-electron chi connectivity index (χ4n) is 3.81. The van der Waals surface area contributed by atoms with Crippen LogP contribution in [0.1, 0.15) is 59.8 Å². The zero-order chi connectivity index (χ0) is 27.6. The van der Waals surface area contributed by atoms with Crippen molar-refractivity contribution in [3.63, 3.8) is 0 Å². The third kappa shape index (κ3) is 9.80. The minimum absolute atomic E-state index is 0.0406. The number of aliphatic carboxylic acids is 2. The predicted molar refractivity (Wildman–Crippen MR) is 128 cm³/mol. The normalized spacial score (nSPS) is 17.9. The highest BCUT2D eigenvalue weighted by Crippen LogP contribution is 2.19. The Morgan fingerprint density at radius 1 is 1.00 bits per heavy atom. The Bertz CT molecular complexity index is 831. The highest BCUT2D eigenvalue weighted by molar-refractivity contribution is 5.94. The standard InChI is InChI=1S/C23H39N5O8/c1-12(2)10-15(20(32)27-14(23(35)36)7-8-18(30)31)26-17(29)11-25-21(33)16-6-5-9-28(16)22(34)19(24)13(3)4/h12-16,19H,5-11,24H2,1-4H3,(H,25,33)(H,26,29)(H,27,32)(H,30,31)(H,35,36)/t14-,15-,16-,19-/m0/s1. The van der Waals surface area contributed by atoms with Crippen molar-refractivity contribution in [2.24, 2.45) is 17.6 Å². The minimum Gasteiger partial charge on any atom is -0.481 e. The molecule has 0 aromatic rings. The van der Waals surface area contributed by atoms with E-state index >= 15 is 0 Å². The van der Waals surface area contributed by atoms with Crippen LogP contribution >= 0.6 is 0 Å². The highest BCUT2D eigenvalue weighted by atomic mass is 16.4. The van der Waals surface area contributed by atoms with Crippen molar-refractivity contribution in [1.29, 1.82) is 0 Å². The third-order valence-electron chi connectivity index (χ3n) is 5.89. The van der Waals surface area contributed by atoms with E-state index < -0.39 is 66.8 Å². The first kappa shape index (κ1) is 30.8. The molecule has 36 heavy (non-hydrogen) atoms. The Kier molecular flexibility index (Phi) is 12.3. The zero-order valence-electron chi connectivity index (χ0n) is 21.3. The van der Waals surface area contributed by atoms with Crippen molar-refractivity contribution >= 4 is 35.6 Å². The zero-order valence-corrected chi connectivity index (χ0v) is 21.3. The number of amides is 4. The van der Waals surface area contributed by atoms with E-state index in [0.717, 1.165) is 0 Å². The molecule has 0 saturated carbocycles. The molecule has 1 fully saturated rings. The first-order chi connectivity index (χ1) is 16.7. The Morgan fingerprint density at radius 3 is 2.17 bits per heavy atom. The van der Waals surface area contributed by atoms with E-state index in [9.17, 15) is 33.9 Å². The molecular weight excluding hydrogens is 474 g/mol. The van der Waals surface area contributed by atoms with Crippen LogP contribution in [0.4, 0.5) is 0 Å². The Hall–Kier alpha value is -3.22. The molecule has 13 nitrogen and oxygen atoms in total. The quantitative estimate of drug-likeness (QED) is 0.169. The molecule has 204 valence electrons. The predicted octanol–water partition coefficient (Wildman–Crippen LogP) is -0.958. The molecule has 1 saturated heterocycles. The van der Waals surface area contributed by atoms with Gasteiger partial charge in [-0.3, -0.25) is 24.0 Å². The van der Waals surface area contributed by atoms with E-state index in [-0.39, 0.29) is 30.6 Å². The fourth-order valence-corrected chi connectivity index (χ4v) is 3.81. The summed E-state index contributed by atoms with van der Waals surface area (Å²) in [7, 11) is 0. The van der Waals surface area contributed by atoms with Crippen LogP contribution in [0.15, 0.2) is 0 Å². The second kappa shape index (κ2) is 14.4. The van der Waals surface area contributed by atoms with Gasteiger partial charge in [0.25, 0.3) is 0 Å². The van der Waals surface area contributed by atoms with Gasteiger partial charge in [0.15, 0.2) is 0 Å². The Morgan fingerprint density at radius 2 is 1.64 bits per heavy atom. The Labute approximate surface area is 210 Å². The number of likely N-dealkylation sites (tertiary alicyclic amines) is 1. The van der Waals surface area contributed by atoms with E-state index in [1.165, 1.54) is 4.90 Å². The first-order valence-corrected chi connectivity index (χ1v) is 12.1. The average molecular weight is 514 g/mol. The number of carboxylic acid groups (broad SMARTS) is 2. The maximum Gasteiger partial charge on any atom is 0.326 e. The molecule has 7 N–H and O–H groups in total. The summed E-state index contributed by atoms with van der Waals surface area (Å²) < 4.78 is 0. The van der Waals surface area contributed by atoms with Gasteiger partial charge >= 0.3 is 11.9 Å². The van der Waals surface area contributed by atoms with E-state index in [2.05, 4.69) is 16.0 Å². The molecule has 1 rings (SSSR count). The molecular formula is C23H39N5O8. The van der Waals surface area contributed by atoms with Gasteiger partial charge in [0.2, 0.25) is 23.6 Å². The maximum absolute atomic E-state index is 12.7. The number of nitrogens with zero attached hydrogens (tertiary/aromatic N) is 1. The summed E-state index contributed by atoms with van der Waals surface area (Å²) in [5.74, 6) is -4.99. The number of rotatable bonds is 14. The van der Waals surface area contributed by atoms with Gasteiger partial charge in [-0.1, -0.05) is 27.7 Å². The van der Waals surface area contributed by atoms with Gasteiger partial charge in [-0.2, -0.15) is 0 Å². The van der Waals surface area contributed by atoms with E-state index in [0.29, 0.717) is 19.4 Å².